The Morgan fingerprint density at radius 3 is 1.10 bits per heavy atom. The summed E-state index contributed by atoms with van der Waals surface area (Å²) in [5.74, 6) is 2.98. The molecule has 5 aromatic rings. The average molecular weight is 561 g/mol. The van der Waals surface area contributed by atoms with Crippen LogP contribution in [0.5, 0.6) is 34.5 Å². The fourth-order valence-electron chi connectivity index (χ4n) is 4.12. The first-order chi connectivity index (χ1) is 20.5. The molecule has 0 saturated heterocycles. The minimum Gasteiger partial charge on any atom is -0.496 e. The largest absolute Gasteiger partial charge is 0.496 e. The predicted octanol–water partition coefficient (Wildman–Crippen LogP) is 7.79. The fraction of sp³-hybridized carbons (Fsp3) is 0.0588. The molecule has 0 spiro atoms. The molecule has 2 N–H and O–H groups in total. The van der Waals surface area contributed by atoms with Gasteiger partial charge in [0.05, 0.1) is 25.3 Å². The Kier molecular flexibility index (Phi) is 8.64. The van der Waals surface area contributed by atoms with Gasteiger partial charge in [0.15, 0.2) is 0 Å². The van der Waals surface area contributed by atoms with Crippen LogP contribution < -0.4 is 29.6 Å². The van der Waals surface area contributed by atoms with Crippen molar-refractivity contribution < 1.29 is 28.5 Å². The molecule has 0 saturated carbocycles. The van der Waals surface area contributed by atoms with Crippen LogP contribution in [0.3, 0.4) is 0 Å². The van der Waals surface area contributed by atoms with Crippen LogP contribution in [0.2, 0.25) is 0 Å². The average Bonchev–Trinajstić information content (AvgIpc) is 3.03. The standard InChI is InChI=1S/C34H28N2O6/c1-39-31-9-5-3-7-29(31)33(37)35-23-11-15-25(16-12-23)41-27-19-21-28(22-20-27)42-26-17-13-24(14-18-26)36-34(38)30-8-4-6-10-32(30)40-2/h3-22H,1-2H3,(H,35,37)(H,36,38). The van der Waals surface area contributed by atoms with Gasteiger partial charge in [-0.2, -0.15) is 0 Å². The Hall–Kier alpha value is -5.76. The number of ether oxygens (including phenoxy) is 4. The summed E-state index contributed by atoms with van der Waals surface area (Å²) in [6.45, 7) is 0. The van der Waals surface area contributed by atoms with E-state index in [0.29, 0.717) is 57.0 Å². The van der Waals surface area contributed by atoms with Gasteiger partial charge in [-0.25, -0.2) is 0 Å². The zero-order valence-electron chi connectivity index (χ0n) is 23.0. The van der Waals surface area contributed by atoms with Crippen molar-refractivity contribution in [3.05, 3.63) is 132 Å². The van der Waals surface area contributed by atoms with Crippen molar-refractivity contribution in [1.82, 2.24) is 0 Å². The summed E-state index contributed by atoms with van der Waals surface area (Å²) in [6.07, 6.45) is 0. The number of hydrogen-bond donors (Lipinski definition) is 2. The van der Waals surface area contributed by atoms with E-state index in [0.717, 1.165) is 0 Å². The molecule has 0 aliphatic rings. The summed E-state index contributed by atoms with van der Waals surface area (Å²) in [7, 11) is 3.06. The number of methoxy groups -OCH3 is 2. The quantitative estimate of drug-likeness (QED) is 0.181. The normalized spacial score (nSPS) is 10.3. The van der Waals surface area contributed by atoms with E-state index in [9.17, 15) is 9.59 Å². The lowest BCUT2D eigenvalue weighted by molar-refractivity contribution is 0.101. The fourth-order valence-corrected chi connectivity index (χ4v) is 4.12. The van der Waals surface area contributed by atoms with Gasteiger partial charge in [0.1, 0.15) is 34.5 Å². The lowest BCUT2D eigenvalue weighted by atomic mass is 10.2. The second-order valence-electron chi connectivity index (χ2n) is 9.03. The smallest absolute Gasteiger partial charge is 0.259 e. The van der Waals surface area contributed by atoms with Gasteiger partial charge >= 0.3 is 0 Å². The predicted molar refractivity (Wildman–Crippen MR) is 161 cm³/mol. The Labute approximate surface area is 243 Å². The molecule has 42 heavy (non-hydrogen) atoms. The van der Waals surface area contributed by atoms with E-state index < -0.39 is 0 Å². The lowest BCUT2D eigenvalue weighted by Gasteiger charge is -2.11. The van der Waals surface area contributed by atoms with E-state index in [1.165, 1.54) is 14.2 Å². The van der Waals surface area contributed by atoms with Crippen molar-refractivity contribution in [1.29, 1.82) is 0 Å². The molecule has 0 radical (unpaired) electrons. The molecule has 0 atom stereocenters. The summed E-state index contributed by atoms with van der Waals surface area (Å²) in [5, 5.41) is 5.73. The zero-order chi connectivity index (χ0) is 29.3. The van der Waals surface area contributed by atoms with Crippen LogP contribution in [0.25, 0.3) is 0 Å². The summed E-state index contributed by atoms with van der Waals surface area (Å²) in [6, 6.07) is 35.5. The zero-order valence-corrected chi connectivity index (χ0v) is 23.0. The number of carbonyl (C=O) groups is 2. The number of para-hydroxylation sites is 2. The molecular formula is C34H28N2O6. The number of anilines is 2. The van der Waals surface area contributed by atoms with Crippen molar-refractivity contribution in [2.24, 2.45) is 0 Å². The highest BCUT2D eigenvalue weighted by Crippen LogP contribution is 2.29. The second-order valence-corrected chi connectivity index (χ2v) is 9.03. The molecule has 0 bridgehead atoms. The number of carbonyl (C=O) groups excluding carboxylic acids is 2. The Balaban J connectivity index is 1.14. The molecule has 8 heteroatoms. The van der Waals surface area contributed by atoms with Crippen molar-refractivity contribution in [2.45, 2.75) is 0 Å². The van der Waals surface area contributed by atoms with Crippen LogP contribution >= 0.6 is 0 Å². The van der Waals surface area contributed by atoms with Crippen molar-refractivity contribution in [2.75, 3.05) is 24.9 Å². The van der Waals surface area contributed by atoms with Crippen LogP contribution in [-0.2, 0) is 0 Å². The number of hydrogen-bond acceptors (Lipinski definition) is 6. The van der Waals surface area contributed by atoms with Crippen LogP contribution in [0.4, 0.5) is 11.4 Å². The van der Waals surface area contributed by atoms with Crippen molar-refractivity contribution in [3.63, 3.8) is 0 Å². The maximum Gasteiger partial charge on any atom is 0.259 e. The van der Waals surface area contributed by atoms with Gasteiger partial charge in [0, 0.05) is 11.4 Å². The lowest BCUT2D eigenvalue weighted by Crippen LogP contribution is -2.12. The molecule has 0 fully saturated rings. The van der Waals surface area contributed by atoms with Gasteiger partial charge in [-0.3, -0.25) is 9.59 Å². The number of rotatable bonds is 10. The molecule has 2 amide bonds. The molecule has 0 aromatic heterocycles. The third kappa shape index (κ3) is 6.86. The first-order valence-corrected chi connectivity index (χ1v) is 13.1. The van der Waals surface area contributed by atoms with E-state index in [4.69, 9.17) is 18.9 Å². The van der Waals surface area contributed by atoms with Crippen molar-refractivity contribution >= 4 is 23.2 Å². The SMILES string of the molecule is COc1ccccc1C(=O)Nc1ccc(Oc2ccc(Oc3ccc(NC(=O)c4ccccc4OC)cc3)cc2)cc1. The van der Waals surface area contributed by atoms with E-state index in [-0.39, 0.29) is 11.8 Å². The van der Waals surface area contributed by atoms with E-state index in [1.807, 2.05) is 12.1 Å². The Bertz CT molecular complexity index is 1540. The molecular weight excluding hydrogens is 532 g/mol. The summed E-state index contributed by atoms with van der Waals surface area (Å²) in [4.78, 5) is 25.2. The first kappa shape index (κ1) is 27.8. The van der Waals surface area contributed by atoms with E-state index >= 15 is 0 Å². The molecule has 0 aliphatic heterocycles. The van der Waals surface area contributed by atoms with Gasteiger partial charge in [-0.15, -0.1) is 0 Å². The van der Waals surface area contributed by atoms with Crippen LogP contribution in [-0.4, -0.2) is 26.0 Å². The topological polar surface area (TPSA) is 95.1 Å². The molecule has 0 unspecified atom stereocenters. The van der Waals surface area contributed by atoms with Crippen molar-refractivity contribution in [3.8, 4) is 34.5 Å². The van der Waals surface area contributed by atoms with Gasteiger partial charge in [0.25, 0.3) is 11.8 Å². The monoisotopic (exact) mass is 560 g/mol. The number of amides is 2. The van der Waals surface area contributed by atoms with Crippen LogP contribution in [0.15, 0.2) is 121 Å². The van der Waals surface area contributed by atoms with Gasteiger partial charge in [-0.1, -0.05) is 24.3 Å². The van der Waals surface area contributed by atoms with E-state index in [2.05, 4.69) is 10.6 Å². The highest BCUT2D eigenvalue weighted by molar-refractivity contribution is 6.06. The third-order valence-electron chi connectivity index (χ3n) is 6.22. The highest BCUT2D eigenvalue weighted by atomic mass is 16.5. The molecule has 0 aliphatic carbocycles. The first-order valence-electron chi connectivity index (χ1n) is 13.1. The summed E-state index contributed by atoms with van der Waals surface area (Å²) < 4.78 is 22.4. The molecule has 5 rings (SSSR count). The molecule has 5 aromatic carbocycles. The maximum atomic E-state index is 12.6. The summed E-state index contributed by atoms with van der Waals surface area (Å²) >= 11 is 0. The molecule has 8 nitrogen and oxygen atoms in total. The highest BCUT2D eigenvalue weighted by Gasteiger charge is 2.13. The van der Waals surface area contributed by atoms with Gasteiger partial charge in [0.2, 0.25) is 0 Å². The van der Waals surface area contributed by atoms with Crippen LogP contribution in [0, 0.1) is 0 Å². The molecule has 210 valence electrons. The van der Waals surface area contributed by atoms with Gasteiger partial charge in [-0.05, 0) is 97.1 Å². The van der Waals surface area contributed by atoms with Crippen LogP contribution in [0.1, 0.15) is 20.7 Å². The van der Waals surface area contributed by atoms with E-state index in [1.54, 1.807) is 109 Å². The number of benzene rings is 5. The molecule has 0 heterocycles. The number of nitrogens with one attached hydrogen (secondary N) is 2. The Morgan fingerprint density at radius 2 is 0.762 bits per heavy atom. The second kappa shape index (κ2) is 13.1. The maximum absolute atomic E-state index is 12.6. The Morgan fingerprint density at radius 1 is 0.452 bits per heavy atom. The van der Waals surface area contributed by atoms with Gasteiger partial charge < -0.3 is 29.6 Å². The third-order valence-corrected chi connectivity index (χ3v) is 6.22. The minimum absolute atomic E-state index is 0.260. The summed E-state index contributed by atoms with van der Waals surface area (Å²) in [5.41, 5.74) is 2.17. The minimum atomic E-state index is -0.260.